The van der Waals surface area contributed by atoms with Gasteiger partial charge in [0.1, 0.15) is 18.0 Å². The molecule has 1 saturated heterocycles. The summed E-state index contributed by atoms with van der Waals surface area (Å²) in [7, 11) is 2.14. The zero-order chi connectivity index (χ0) is 27.5. The lowest BCUT2D eigenvalue weighted by Crippen LogP contribution is -2.49. The molecular formula is C29H35Cl2N7O. The number of hydrogen-bond donors (Lipinski definition) is 2. The molecule has 1 aliphatic rings. The van der Waals surface area contributed by atoms with Gasteiger partial charge in [-0.2, -0.15) is 0 Å². The van der Waals surface area contributed by atoms with Gasteiger partial charge < -0.3 is 20.1 Å². The Kier molecular flexibility index (Phi) is 8.54. The highest BCUT2D eigenvalue weighted by Crippen LogP contribution is 2.31. The summed E-state index contributed by atoms with van der Waals surface area (Å²) in [5.41, 5.74) is 2.86. The first kappa shape index (κ1) is 27.6. The fourth-order valence-electron chi connectivity index (χ4n) is 5.33. The standard InChI is InChI=1S/C29H35Cl2N7O/c1-4-5-11-37(3)16-20-8-6-7-12-38(20)29(39)21-15-25-22(14-23(21)31)28(33-17-32-25)34-18(2)27-35-24-10-9-19(30)13-26(24)36-27/h9-10,13-15,17-18,20H,4-8,11-12,16H2,1-3H3,(H,35,36)(H,32,33,34)/t18-,20-/m0/s1. The average molecular weight is 569 g/mol. The zero-order valence-corrected chi connectivity index (χ0v) is 24.2. The number of likely N-dealkylation sites (N-methyl/N-ethyl adjacent to an activating group) is 1. The smallest absolute Gasteiger partial charge is 0.255 e. The lowest BCUT2D eigenvalue weighted by Gasteiger charge is -2.38. The molecule has 3 heterocycles. The van der Waals surface area contributed by atoms with Crippen molar-refractivity contribution in [2.45, 2.75) is 58.0 Å². The minimum Gasteiger partial charge on any atom is -0.360 e. The Bertz CT molecular complexity index is 1470. The molecule has 4 aromatic rings. The van der Waals surface area contributed by atoms with E-state index in [1.807, 2.05) is 30.0 Å². The number of unbranched alkanes of at least 4 members (excludes halogenated alkanes) is 1. The normalized spacial score (nSPS) is 16.8. The predicted octanol–water partition coefficient (Wildman–Crippen LogP) is 6.71. The van der Waals surface area contributed by atoms with E-state index in [1.54, 1.807) is 12.1 Å². The number of imidazole rings is 1. The molecule has 0 radical (unpaired) electrons. The number of likely N-dealkylation sites (tertiary alicyclic amines) is 1. The Balaban J connectivity index is 1.38. The van der Waals surface area contributed by atoms with Crippen LogP contribution in [0.3, 0.4) is 0 Å². The average Bonchev–Trinajstić information content (AvgIpc) is 3.35. The molecule has 0 spiro atoms. The molecule has 2 atom stereocenters. The highest BCUT2D eigenvalue weighted by atomic mass is 35.5. The van der Waals surface area contributed by atoms with Crippen LogP contribution in [0.1, 0.15) is 68.2 Å². The van der Waals surface area contributed by atoms with Gasteiger partial charge in [-0.15, -0.1) is 0 Å². The number of piperidine rings is 1. The SMILES string of the molecule is CCCCN(C)C[C@@H]1CCCCN1C(=O)c1cc2ncnc(N[C@@H](C)c3nc4ccc(Cl)cc4[nH]3)c2cc1Cl. The summed E-state index contributed by atoms with van der Waals surface area (Å²) >= 11 is 12.9. The summed E-state index contributed by atoms with van der Waals surface area (Å²) in [5, 5.41) is 5.23. The van der Waals surface area contributed by atoms with E-state index in [4.69, 9.17) is 23.2 Å². The van der Waals surface area contributed by atoms with Gasteiger partial charge in [0.05, 0.1) is 33.2 Å². The van der Waals surface area contributed by atoms with Crippen LogP contribution in [0.5, 0.6) is 0 Å². The lowest BCUT2D eigenvalue weighted by atomic mass is 9.99. The molecule has 0 unspecified atom stereocenters. The molecule has 8 nitrogen and oxygen atoms in total. The third-order valence-electron chi connectivity index (χ3n) is 7.48. The second kappa shape index (κ2) is 12.1. The Morgan fingerprint density at radius 3 is 2.87 bits per heavy atom. The zero-order valence-electron chi connectivity index (χ0n) is 22.7. The van der Waals surface area contributed by atoms with Gasteiger partial charge in [0.25, 0.3) is 5.91 Å². The monoisotopic (exact) mass is 567 g/mol. The largest absolute Gasteiger partial charge is 0.360 e. The molecule has 39 heavy (non-hydrogen) atoms. The minimum absolute atomic E-state index is 0.0297. The number of rotatable bonds is 9. The summed E-state index contributed by atoms with van der Waals surface area (Å²) in [4.78, 5) is 35.1. The number of hydrogen-bond acceptors (Lipinski definition) is 6. The fraction of sp³-hybridized carbons (Fsp3) is 0.448. The van der Waals surface area contributed by atoms with Crippen molar-refractivity contribution >= 4 is 56.9 Å². The molecule has 206 valence electrons. The van der Waals surface area contributed by atoms with E-state index < -0.39 is 0 Å². The second-order valence-electron chi connectivity index (χ2n) is 10.5. The predicted molar refractivity (Wildman–Crippen MR) is 159 cm³/mol. The van der Waals surface area contributed by atoms with Crippen LogP contribution in [-0.4, -0.2) is 68.4 Å². The molecule has 2 aromatic carbocycles. The van der Waals surface area contributed by atoms with Gasteiger partial charge in [0, 0.05) is 29.5 Å². The van der Waals surface area contributed by atoms with Gasteiger partial charge in [-0.25, -0.2) is 15.0 Å². The number of H-pyrrole nitrogens is 1. The molecule has 1 amide bonds. The van der Waals surface area contributed by atoms with Crippen LogP contribution in [0.25, 0.3) is 21.9 Å². The number of carbonyl (C=O) groups is 1. The lowest BCUT2D eigenvalue weighted by molar-refractivity contribution is 0.0561. The maximum atomic E-state index is 13.8. The van der Waals surface area contributed by atoms with Crippen LogP contribution in [0.2, 0.25) is 10.0 Å². The van der Waals surface area contributed by atoms with Crippen LogP contribution in [0.4, 0.5) is 5.82 Å². The number of halogens is 2. The molecule has 10 heteroatoms. The van der Waals surface area contributed by atoms with Crippen molar-refractivity contribution in [1.29, 1.82) is 0 Å². The van der Waals surface area contributed by atoms with Crippen LogP contribution in [0.15, 0.2) is 36.7 Å². The maximum Gasteiger partial charge on any atom is 0.255 e. The Morgan fingerprint density at radius 2 is 2.05 bits per heavy atom. The van der Waals surface area contributed by atoms with E-state index in [2.05, 4.69) is 44.1 Å². The number of aromatic amines is 1. The topological polar surface area (TPSA) is 90.0 Å². The van der Waals surface area contributed by atoms with Gasteiger partial charge in [-0.05, 0) is 76.5 Å². The number of benzene rings is 2. The summed E-state index contributed by atoms with van der Waals surface area (Å²) in [6.07, 6.45) is 6.98. The molecular weight excluding hydrogens is 533 g/mol. The maximum absolute atomic E-state index is 13.8. The van der Waals surface area contributed by atoms with Crippen molar-refractivity contribution in [3.05, 3.63) is 58.1 Å². The molecule has 5 rings (SSSR count). The Hall–Kier alpha value is -2.94. The van der Waals surface area contributed by atoms with Crippen LogP contribution >= 0.6 is 23.2 Å². The Morgan fingerprint density at radius 1 is 1.21 bits per heavy atom. The van der Waals surface area contributed by atoms with E-state index in [-0.39, 0.29) is 18.0 Å². The van der Waals surface area contributed by atoms with Gasteiger partial charge in [0.2, 0.25) is 0 Å². The van der Waals surface area contributed by atoms with Crippen LogP contribution in [-0.2, 0) is 0 Å². The van der Waals surface area contributed by atoms with Gasteiger partial charge in [-0.1, -0.05) is 36.5 Å². The number of carbonyl (C=O) groups excluding carboxylic acids is 1. The van der Waals surface area contributed by atoms with Crippen molar-refractivity contribution < 1.29 is 4.79 Å². The fourth-order valence-corrected chi connectivity index (χ4v) is 5.74. The third-order valence-corrected chi connectivity index (χ3v) is 8.03. The summed E-state index contributed by atoms with van der Waals surface area (Å²) in [6, 6.07) is 9.17. The van der Waals surface area contributed by atoms with Crippen molar-refractivity contribution in [2.24, 2.45) is 0 Å². The summed E-state index contributed by atoms with van der Waals surface area (Å²) in [6.45, 7) is 6.86. The highest BCUT2D eigenvalue weighted by Gasteiger charge is 2.30. The quantitative estimate of drug-likeness (QED) is 0.233. The molecule has 1 fully saturated rings. The molecule has 0 bridgehead atoms. The van der Waals surface area contributed by atoms with E-state index >= 15 is 0 Å². The molecule has 2 aromatic heterocycles. The van der Waals surface area contributed by atoms with Crippen molar-refractivity contribution in [1.82, 2.24) is 29.7 Å². The van der Waals surface area contributed by atoms with E-state index in [9.17, 15) is 4.79 Å². The summed E-state index contributed by atoms with van der Waals surface area (Å²) < 4.78 is 0. The minimum atomic E-state index is -0.173. The first-order chi connectivity index (χ1) is 18.8. The van der Waals surface area contributed by atoms with Gasteiger partial charge in [-0.3, -0.25) is 4.79 Å². The van der Waals surface area contributed by atoms with Gasteiger partial charge >= 0.3 is 0 Å². The van der Waals surface area contributed by atoms with E-state index in [0.29, 0.717) is 26.9 Å². The van der Waals surface area contributed by atoms with Crippen molar-refractivity contribution in [3.63, 3.8) is 0 Å². The molecule has 1 aliphatic heterocycles. The first-order valence-corrected chi connectivity index (χ1v) is 14.4. The first-order valence-electron chi connectivity index (χ1n) is 13.7. The second-order valence-corrected chi connectivity index (χ2v) is 11.3. The van der Waals surface area contributed by atoms with Crippen LogP contribution < -0.4 is 5.32 Å². The Labute approximate surface area is 239 Å². The molecule has 2 N–H and O–H groups in total. The van der Waals surface area contributed by atoms with Crippen LogP contribution in [0, 0.1) is 0 Å². The number of fused-ring (bicyclic) bond motifs is 2. The molecule has 0 saturated carbocycles. The highest BCUT2D eigenvalue weighted by molar-refractivity contribution is 6.35. The number of anilines is 1. The molecule has 0 aliphatic carbocycles. The number of nitrogens with one attached hydrogen (secondary N) is 2. The third kappa shape index (κ3) is 6.13. The van der Waals surface area contributed by atoms with Gasteiger partial charge in [0.15, 0.2) is 0 Å². The van der Waals surface area contributed by atoms with Crippen molar-refractivity contribution in [3.8, 4) is 0 Å². The number of aromatic nitrogens is 4. The number of amides is 1. The van der Waals surface area contributed by atoms with Crippen molar-refractivity contribution in [2.75, 3.05) is 32.0 Å². The number of nitrogens with zero attached hydrogens (tertiary/aromatic N) is 5. The van der Waals surface area contributed by atoms with E-state index in [1.165, 1.54) is 6.33 Å². The van der Waals surface area contributed by atoms with E-state index in [0.717, 1.165) is 74.0 Å². The summed E-state index contributed by atoms with van der Waals surface area (Å²) in [5.74, 6) is 1.36.